The maximum atomic E-state index is 13.5. The van der Waals surface area contributed by atoms with Gasteiger partial charge in [-0.1, -0.05) is 23.7 Å². The first-order chi connectivity index (χ1) is 20.3. The third-order valence-electron chi connectivity index (χ3n) is 6.24. The Bertz CT molecular complexity index is 1820. The highest BCUT2D eigenvalue weighted by molar-refractivity contribution is 6.30. The SMILES string of the molecule is O=C(C=Cc1cc(Cl)ccc1-n1cnnn1)N[C@@H](Cc1ccc(F)cc1)c1cc(-c2ccc([N+](=O)[O-])cc2)c(=O)[nH]n1. The number of amides is 1. The molecule has 3 aromatic carbocycles. The van der Waals surface area contributed by atoms with E-state index in [9.17, 15) is 24.1 Å². The number of hydrogen-bond acceptors (Lipinski definition) is 8. The standard InChI is InChI=1S/C28H20ClFN8O4/c29-20-6-11-26(37-16-31-35-36-37)19(14-20)5-12-27(39)32-24(13-17-1-7-21(30)8-2-17)25-15-23(28(40)34-33-25)18-3-9-22(10-4-18)38(41)42/h1-12,14-16,24H,13H2,(H,32,39)(H,34,40)/t24-/m0/s1. The van der Waals surface area contributed by atoms with E-state index in [2.05, 4.69) is 31.0 Å². The fourth-order valence-electron chi connectivity index (χ4n) is 4.19. The lowest BCUT2D eigenvalue weighted by molar-refractivity contribution is -0.384. The smallest absolute Gasteiger partial charge is 0.272 e. The van der Waals surface area contributed by atoms with Crippen LogP contribution >= 0.6 is 11.6 Å². The highest BCUT2D eigenvalue weighted by atomic mass is 35.5. The second kappa shape index (κ2) is 12.3. The summed E-state index contributed by atoms with van der Waals surface area (Å²) in [5.41, 5.74) is 2.16. The van der Waals surface area contributed by atoms with Gasteiger partial charge in [0.1, 0.15) is 12.1 Å². The van der Waals surface area contributed by atoms with Crippen LogP contribution in [0.4, 0.5) is 10.1 Å². The molecule has 0 spiro atoms. The van der Waals surface area contributed by atoms with Crippen molar-refractivity contribution in [2.75, 3.05) is 0 Å². The second-order valence-corrected chi connectivity index (χ2v) is 9.46. The molecule has 1 amide bonds. The summed E-state index contributed by atoms with van der Waals surface area (Å²) >= 11 is 6.17. The zero-order valence-corrected chi connectivity index (χ0v) is 22.3. The maximum Gasteiger partial charge on any atom is 0.272 e. The first-order valence-corrected chi connectivity index (χ1v) is 12.7. The van der Waals surface area contributed by atoms with Crippen molar-refractivity contribution in [3.63, 3.8) is 0 Å². The summed E-state index contributed by atoms with van der Waals surface area (Å²) in [6, 6.07) is 17.0. The van der Waals surface area contributed by atoms with Gasteiger partial charge in [-0.15, -0.1) is 5.10 Å². The minimum Gasteiger partial charge on any atom is -0.344 e. The number of halogens is 2. The van der Waals surface area contributed by atoms with E-state index in [0.717, 1.165) is 0 Å². The molecule has 210 valence electrons. The van der Waals surface area contributed by atoms with Gasteiger partial charge < -0.3 is 5.32 Å². The molecule has 0 saturated carbocycles. The van der Waals surface area contributed by atoms with Crippen LogP contribution in [0.15, 0.2) is 90.0 Å². The van der Waals surface area contributed by atoms with Gasteiger partial charge in [0.2, 0.25) is 5.91 Å². The lowest BCUT2D eigenvalue weighted by atomic mass is 10.00. The van der Waals surface area contributed by atoms with Crippen molar-refractivity contribution in [1.29, 1.82) is 0 Å². The number of hydrogen-bond donors (Lipinski definition) is 2. The zero-order valence-electron chi connectivity index (χ0n) is 21.5. The van der Waals surface area contributed by atoms with Crippen LogP contribution in [-0.4, -0.2) is 41.2 Å². The highest BCUT2D eigenvalue weighted by Crippen LogP contribution is 2.24. The van der Waals surface area contributed by atoms with E-state index in [1.54, 1.807) is 36.4 Å². The largest absolute Gasteiger partial charge is 0.344 e. The lowest BCUT2D eigenvalue weighted by Crippen LogP contribution is -2.30. The summed E-state index contributed by atoms with van der Waals surface area (Å²) in [5, 5.41) is 32.1. The third-order valence-corrected chi connectivity index (χ3v) is 6.47. The molecule has 0 fully saturated rings. The van der Waals surface area contributed by atoms with E-state index in [0.29, 0.717) is 33.1 Å². The van der Waals surface area contributed by atoms with Gasteiger partial charge in [0.05, 0.1) is 27.9 Å². The summed E-state index contributed by atoms with van der Waals surface area (Å²) in [5.74, 6) is -0.903. The molecular formula is C28H20ClFN8O4. The molecule has 0 bridgehead atoms. The monoisotopic (exact) mass is 586 g/mol. The summed E-state index contributed by atoms with van der Waals surface area (Å²) in [7, 11) is 0. The number of rotatable bonds is 9. The Morgan fingerprint density at radius 3 is 2.57 bits per heavy atom. The van der Waals surface area contributed by atoms with Crippen LogP contribution in [0.5, 0.6) is 0 Å². The molecule has 2 N–H and O–H groups in total. The number of nitrogens with zero attached hydrogens (tertiary/aromatic N) is 6. The van der Waals surface area contributed by atoms with Gasteiger partial charge in [-0.05, 0) is 82.6 Å². The van der Waals surface area contributed by atoms with E-state index >= 15 is 0 Å². The average molecular weight is 587 g/mol. The summed E-state index contributed by atoms with van der Waals surface area (Å²) < 4.78 is 15.0. The topological polar surface area (TPSA) is 162 Å². The van der Waals surface area contributed by atoms with Crippen molar-refractivity contribution in [3.05, 3.63) is 133 Å². The molecule has 0 saturated heterocycles. The maximum absolute atomic E-state index is 13.5. The van der Waals surface area contributed by atoms with Crippen molar-refractivity contribution < 1.29 is 14.1 Å². The fraction of sp³-hybridized carbons (Fsp3) is 0.0714. The lowest BCUT2D eigenvalue weighted by Gasteiger charge is -2.18. The molecule has 5 aromatic rings. The van der Waals surface area contributed by atoms with E-state index in [1.807, 2.05) is 0 Å². The predicted octanol–water partition coefficient (Wildman–Crippen LogP) is 4.23. The van der Waals surface area contributed by atoms with Crippen LogP contribution in [-0.2, 0) is 11.2 Å². The molecular weight excluding hydrogens is 567 g/mol. The van der Waals surface area contributed by atoms with E-state index < -0.39 is 28.2 Å². The number of benzene rings is 3. The second-order valence-electron chi connectivity index (χ2n) is 9.02. The Morgan fingerprint density at radius 1 is 1.12 bits per heavy atom. The van der Waals surface area contributed by atoms with Crippen molar-refractivity contribution in [3.8, 4) is 16.8 Å². The number of non-ortho nitro benzene ring substituents is 1. The van der Waals surface area contributed by atoms with Crippen molar-refractivity contribution in [1.82, 2.24) is 35.7 Å². The van der Waals surface area contributed by atoms with Gasteiger partial charge in [0.25, 0.3) is 11.2 Å². The van der Waals surface area contributed by atoms with Crippen LogP contribution in [0, 0.1) is 15.9 Å². The molecule has 0 radical (unpaired) electrons. The van der Waals surface area contributed by atoms with Gasteiger partial charge in [-0.2, -0.15) is 9.78 Å². The van der Waals surface area contributed by atoms with Crippen molar-refractivity contribution in [2.45, 2.75) is 12.5 Å². The Balaban J connectivity index is 1.45. The average Bonchev–Trinajstić information content (AvgIpc) is 3.52. The number of nitro groups is 1. The Hall–Kier alpha value is -5.56. The quantitative estimate of drug-likeness (QED) is 0.147. The number of nitro benzene ring substituents is 1. The van der Waals surface area contributed by atoms with Gasteiger partial charge in [-0.3, -0.25) is 19.7 Å². The fourth-order valence-corrected chi connectivity index (χ4v) is 4.37. The van der Waals surface area contributed by atoms with Crippen molar-refractivity contribution >= 4 is 29.3 Å². The minimum atomic E-state index is -0.750. The first kappa shape index (κ1) is 28.0. The van der Waals surface area contributed by atoms with Gasteiger partial charge >= 0.3 is 0 Å². The van der Waals surface area contributed by atoms with Crippen LogP contribution < -0.4 is 10.9 Å². The Morgan fingerprint density at radius 2 is 1.88 bits per heavy atom. The summed E-state index contributed by atoms with van der Waals surface area (Å²) in [6.07, 6.45) is 4.48. The molecule has 5 rings (SSSR count). The number of carbonyl (C=O) groups excluding carboxylic acids is 1. The molecule has 0 aliphatic rings. The van der Waals surface area contributed by atoms with E-state index in [-0.39, 0.29) is 17.7 Å². The van der Waals surface area contributed by atoms with Gasteiger partial charge in [0.15, 0.2) is 0 Å². The normalized spacial score (nSPS) is 11.9. The van der Waals surface area contributed by atoms with Crippen LogP contribution in [0.1, 0.15) is 22.9 Å². The number of H-pyrrole nitrogens is 1. The van der Waals surface area contributed by atoms with Crippen LogP contribution in [0.25, 0.3) is 22.9 Å². The van der Waals surface area contributed by atoms with Crippen LogP contribution in [0.3, 0.4) is 0 Å². The Kier molecular flexibility index (Phi) is 8.20. The van der Waals surface area contributed by atoms with Gasteiger partial charge in [0, 0.05) is 28.8 Å². The van der Waals surface area contributed by atoms with Gasteiger partial charge in [-0.25, -0.2) is 9.49 Å². The number of aromatic nitrogens is 6. The summed E-state index contributed by atoms with van der Waals surface area (Å²) in [4.78, 5) is 36.3. The number of tetrazole rings is 1. The number of aromatic amines is 1. The molecule has 0 aliphatic heterocycles. The van der Waals surface area contributed by atoms with Crippen molar-refractivity contribution in [2.24, 2.45) is 0 Å². The molecule has 2 heterocycles. The summed E-state index contributed by atoms with van der Waals surface area (Å²) in [6.45, 7) is 0. The van der Waals surface area contributed by atoms with Crippen LogP contribution in [0.2, 0.25) is 5.02 Å². The number of nitrogens with one attached hydrogen (secondary N) is 2. The minimum absolute atomic E-state index is 0.124. The van der Waals surface area contributed by atoms with E-state index in [1.165, 1.54) is 59.5 Å². The first-order valence-electron chi connectivity index (χ1n) is 12.4. The highest BCUT2D eigenvalue weighted by Gasteiger charge is 2.19. The molecule has 12 nitrogen and oxygen atoms in total. The molecule has 2 aromatic heterocycles. The Labute approximate surface area is 241 Å². The molecule has 0 unspecified atom stereocenters. The molecule has 42 heavy (non-hydrogen) atoms. The third kappa shape index (κ3) is 6.59. The molecule has 14 heteroatoms. The zero-order chi connectivity index (χ0) is 29.6. The molecule has 0 aliphatic carbocycles. The number of carbonyl (C=O) groups is 1. The predicted molar refractivity (Wildman–Crippen MR) is 151 cm³/mol. The molecule has 1 atom stereocenters. The van der Waals surface area contributed by atoms with E-state index in [4.69, 9.17) is 11.6 Å².